The van der Waals surface area contributed by atoms with Crippen molar-refractivity contribution in [1.82, 2.24) is 0 Å². The van der Waals surface area contributed by atoms with E-state index in [-0.39, 0.29) is 5.82 Å². The predicted octanol–water partition coefficient (Wildman–Crippen LogP) is 4.12. The second-order valence-electron chi connectivity index (χ2n) is 4.51. The number of benzene rings is 1. The summed E-state index contributed by atoms with van der Waals surface area (Å²) in [6.07, 6.45) is 5.04. The second kappa shape index (κ2) is 4.12. The van der Waals surface area contributed by atoms with E-state index in [1.54, 1.807) is 6.07 Å². The zero-order valence-corrected chi connectivity index (χ0v) is 8.67. The van der Waals surface area contributed by atoms with Crippen molar-refractivity contribution in [2.75, 3.05) is 0 Å². The van der Waals surface area contributed by atoms with Crippen LogP contribution in [0.3, 0.4) is 0 Å². The van der Waals surface area contributed by atoms with Gasteiger partial charge in [-0.25, -0.2) is 4.39 Å². The Labute approximate surface area is 85.1 Å². The SMILES string of the molecule is C[C@H]1CC[C@@H](c2cccc(F)c2)CC1. The zero-order valence-electron chi connectivity index (χ0n) is 8.67. The first-order valence-corrected chi connectivity index (χ1v) is 5.51. The van der Waals surface area contributed by atoms with E-state index in [9.17, 15) is 4.39 Å². The molecule has 0 spiro atoms. The first-order chi connectivity index (χ1) is 6.75. The molecule has 0 nitrogen and oxygen atoms in total. The molecule has 0 aliphatic heterocycles. The van der Waals surface area contributed by atoms with Gasteiger partial charge in [0.25, 0.3) is 0 Å². The molecule has 0 amide bonds. The van der Waals surface area contributed by atoms with Crippen molar-refractivity contribution in [2.24, 2.45) is 5.92 Å². The Hall–Kier alpha value is -0.850. The molecule has 0 atom stereocenters. The van der Waals surface area contributed by atoms with Crippen LogP contribution in [0.5, 0.6) is 0 Å². The molecule has 1 aliphatic carbocycles. The Morgan fingerprint density at radius 1 is 1.14 bits per heavy atom. The summed E-state index contributed by atoms with van der Waals surface area (Å²) in [6.45, 7) is 2.31. The summed E-state index contributed by atoms with van der Waals surface area (Å²) in [6, 6.07) is 7.10. The Bertz CT molecular complexity index is 298. The van der Waals surface area contributed by atoms with E-state index in [0.717, 1.165) is 5.92 Å². The van der Waals surface area contributed by atoms with Crippen molar-refractivity contribution in [2.45, 2.75) is 38.5 Å². The van der Waals surface area contributed by atoms with Gasteiger partial charge >= 0.3 is 0 Å². The molecule has 0 N–H and O–H groups in total. The number of hydrogen-bond acceptors (Lipinski definition) is 0. The summed E-state index contributed by atoms with van der Waals surface area (Å²) < 4.78 is 13.0. The lowest BCUT2D eigenvalue weighted by Crippen LogP contribution is -2.10. The maximum atomic E-state index is 13.0. The fraction of sp³-hybridized carbons (Fsp3) is 0.538. The van der Waals surface area contributed by atoms with E-state index < -0.39 is 0 Å². The monoisotopic (exact) mass is 192 g/mol. The smallest absolute Gasteiger partial charge is 0.123 e. The quantitative estimate of drug-likeness (QED) is 0.628. The van der Waals surface area contributed by atoms with Crippen molar-refractivity contribution in [3.8, 4) is 0 Å². The minimum Gasteiger partial charge on any atom is -0.207 e. The molecule has 0 bridgehead atoms. The highest BCUT2D eigenvalue weighted by Crippen LogP contribution is 2.35. The van der Waals surface area contributed by atoms with Gasteiger partial charge in [0.2, 0.25) is 0 Å². The number of hydrogen-bond donors (Lipinski definition) is 0. The van der Waals surface area contributed by atoms with Gasteiger partial charge in [0.1, 0.15) is 5.82 Å². The zero-order chi connectivity index (χ0) is 9.97. The normalized spacial score (nSPS) is 27.6. The van der Waals surface area contributed by atoms with Gasteiger partial charge in [-0.15, -0.1) is 0 Å². The lowest BCUT2D eigenvalue weighted by Gasteiger charge is -2.26. The first kappa shape index (κ1) is 9.70. The lowest BCUT2D eigenvalue weighted by molar-refractivity contribution is 0.347. The van der Waals surface area contributed by atoms with Gasteiger partial charge in [-0.3, -0.25) is 0 Å². The molecule has 1 heteroatoms. The summed E-state index contributed by atoms with van der Waals surface area (Å²) >= 11 is 0. The molecule has 1 fully saturated rings. The van der Waals surface area contributed by atoms with Crippen molar-refractivity contribution in [3.05, 3.63) is 35.6 Å². The van der Waals surface area contributed by atoms with Crippen LogP contribution in [-0.2, 0) is 0 Å². The summed E-state index contributed by atoms with van der Waals surface area (Å²) in [7, 11) is 0. The van der Waals surface area contributed by atoms with Crippen LogP contribution in [0.1, 0.15) is 44.1 Å². The molecule has 1 aliphatic rings. The number of halogens is 1. The highest BCUT2D eigenvalue weighted by Gasteiger charge is 2.19. The van der Waals surface area contributed by atoms with E-state index in [1.807, 2.05) is 6.07 Å². The van der Waals surface area contributed by atoms with E-state index in [0.29, 0.717) is 5.92 Å². The maximum absolute atomic E-state index is 13.0. The van der Waals surface area contributed by atoms with Crippen LogP contribution in [-0.4, -0.2) is 0 Å². The van der Waals surface area contributed by atoms with E-state index in [1.165, 1.54) is 37.3 Å². The fourth-order valence-electron chi connectivity index (χ4n) is 2.35. The molecule has 2 rings (SSSR count). The lowest BCUT2D eigenvalue weighted by atomic mass is 9.79. The average Bonchev–Trinajstić information content (AvgIpc) is 2.19. The molecule has 0 radical (unpaired) electrons. The standard InChI is InChI=1S/C13H17F/c1-10-5-7-11(8-6-10)12-3-2-4-13(14)9-12/h2-4,9-11H,5-8H2,1H3/t10-,11+. The Kier molecular flexibility index (Phi) is 2.85. The minimum atomic E-state index is -0.0962. The fourth-order valence-corrected chi connectivity index (χ4v) is 2.35. The summed E-state index contributed by atoms with van der Waals surface area (Å²) in [5, 5.41) is 0. The van der Waals surface area contributed by atoms with E-state index >= 15 is 0 Å². The van der Waals surface area contributed by atoms with Gasteiger partial charge in [0.05, 0.1) is 0 Å². The molecule has 1 aromatic rings. The largest absolute Gasteiger partial charge is 0.207 e. The van der Waals surface area contributed by atoms with Crippen molar-refractivity contribution >= 4 is 0 Å². The van der Waals surface area contributed by atoms with Crippen LogP contribution < -0.4 is 0 Å². The van der Waals surface area contributed by atoms with E-state index in [4.69, 9.17) is 0 Å². The van der Waals surface area contributed by atoms with Gasteiger partial charge in [0.15, 0.2) is 0 Å². The van der Waals surface area contributed by atoms with Crippen LogP contribution >= 0.6 is 0 Å². The first-order valence-electron chi connectivity index (χ1n) is 5.51. The van der Waals surface area contributed by atoms with Crippen molar-refractivity contribution in [3.63, 3.8) is 0 Å². The molecule has 0 heterocycles. The third-order valence-corrected chi connectivity index (χ3v) is 3.34. The third kappa shape index (κ3) is 2.14. The number of rotatable bonds is 1. The van der Waals surface area contributed by atoms with Crippen LogP contribution in [0.4, 0.5) is 4.39 Å². The molecular weight excluding hydrogens is 175 g/mol. The van der Waals surface area contributed by atoms with Crippen molar-refractivity contribution < 1.29 is 4.39 Å². The average molecular weight is 192 g/mol. The molecular formula is C13H17F. The topological polar surface area (TPSA) is 0 Å². The highest BCUT2D eigenvalue weighted by atomic mass is 19.1. The van der Waals surface area contributed by atoms with Gasteiger partial charge < -0.3 is 0 Å². The highest BCUT2D eigenvalue weighted by molar-refractivity contribution is 5.21. The Balaban J connectivity index is 2.08. The second-order valence-corrected chi connectivity index (χ2v) is 4.51. The molecule has 76 valence electrons. The predicted molar refractivity (Wildman–Crippen MR) is 56.8 cm³/mol. The molecule has 0 aromatic heterocycles. The van der Waals surface area contributed by atoms with Gasteiger partial charge in [-0.2, -0.15) is 0 Å². The van der Waals surface area contributed by atoms with Crippen LogP contribution in [0, 0.1) is 11.7 Å². The molecule has 0 unspecified atom stereocenters. The Morgan fingerprint density at radius 2 is 1.86 bits per heavy atom. The summed E-state index contributed by atoms with van der Waals surface area (Å²) in [5.74, 6) is 1.36. The summed E-state index contributed by atoms with van der Waals surface area (Å²) in [5.41, 5.74) is 1.19. The summed E-state index contributed by atoms with van der Waals surface area (Å²) in [4.78, 5) is 0. The van der Waals surface area contributed by atoms with Crippen molar-refractivity contribution in [1.29, 1.82) is 0 Å². The molecule has 1 saturated carbocycles. The van der Waals surface area contributed by atoms with Gasteiger partial charge in [-0.05, 0) is 42.4 Å². The molecule has 1 aromatic carbocycles. The Morgan fingerprint density at radius 3 is 2.50 bits per heavy atom. The van der Waals surface area contributed by atoms with Gasteiger partial charge in [0, 0.05) is 0 Å². The third-order valence-electron chi connectivity index (χ3n) is 3.34. The van der Waals surface area contributed by atoms with E-state index in [2.05, 4.69) is 13.0 Å². The maximum Gasteiger partial charge on any atom is 0.123 e. The minimum absolute atomic E-state index is 0.0962. The molecule has 0 saturated heterocycles. The molecule has 14 heavy (non-hydrogen) atoms. The van der Waals surface area contributed by atoms with Crippen LogP contribution in [0.2, 0.25) is 0 Å². The van der Waals surface area contributed by atoms with Crippen LogP contribution in [0.15, 0.2) is 24.3 Å². The van der Waals surface area contributed by atoms with Gasteiger partial charge in [-0.1, -0.05) is 31.9 Å². The van der Waals surface area contributed by atoms with Crippen LogP contribution in [0.25, 0.3) is 0 Å².